The van der Waals surface area contributed by atoms with Crippen molar-refractivity contribution in [2.24, 2.45) is 5.73 Å². The summed E-state index contributed by atoms with van der Waals surface area (Å²) in [5.41, 5.74) is 3.68. The third-order valence-corrected chi connectivity index (χ3v) is 6.39. The van der Waals surface area contributed by atoms with Crippen molar-refractivity contribution >= 4 is 39.1 Å². The molecule has 6 rings (SSSR count). The Morgan fingerprint density at radius 2 is 1.56 bits per heavy atom. The molecule has 0 saturated heterocycles. The lowest BCUT2D eigenvalue weighted by Gasteiger charge is -2.28. The zero-order valence-corrected chi connectivity index (χ0v) is 16.8. The van der Waals surface area contributed by atoms with Gasteiger partial charge >= 0.3 is 5.97 Å². The number of hydrogen-bond donors (Lipinski definition) is 1. The molecular weight excluding hydrogens is 410 g/mol. The normalized spacial score (nSPS) is 18.7. The lowest BCUT2D eigenvalue weighted by Crippen LogP contribution is -2.51. The van der Waals surface area contributed by atoms with E-state index in [1.165, 1.54) is 12.1 Å². The number of carbonyl (C=O) groups is 2. The number of Topliss-reactive ketones (excluding diaryl/α,β-unsaturated/α-hetero) is 1. The topological polar surface area (TPSA) is 113 Å². The number of fused-ring (bicyclic) bond motifs is 4. The fourth-order valence-corrected chi connectivity index (χ4v) is 5.14. The van der Waals surface area contributed by atoms with Gasteiger partial charge < -0.3 is 10.5 Å². The number of aromatic nitrogens is 2. The monoisotopic (exact) mass is 425 g/mol. The maximum atomic E-state index is 14.1. The molecule has 1 atom stereocenters. The van der Waals surface area contributed by atoms with Crippen LogP contribution in [0.25, 0.3) is 27.4 Å². The van der Waals surface area contributed by atoms with E-state index in [2.05, 4.69) is 0 Å². The van der Waals surface area contributed by atoms with Crippen LogP contribution in [0.5, 0.6) is 0 Å². The maximum absolute atomic E-state index is 14.1. The fourth-order valence-electron chi connectivity index (χ4n) is 5.14. The first kappa shape index (κ1) is 18.3. The predicted octanol–water partition coefficient (Wildman–Crippen LogP) is 1.57. The number of nitrogens with zero attached hydrogens (tertiary/aromatic N) is 2. The van der Waals surface area contributed by atoms with E-state index in [9.17, 15) is 19.2 Å². The molecule has 0 bridgehead atoms. The van der Waals surface area contributed by atoms with Crippen LogP contribution in [0.15, 0.2) is 75.8 Å². The summed E-state index contributed by atoms with van der Waals surface area (Å²) in [6.45, 7) is 0. The quantitative estimate of drug-likeness (QED) is 0.463. The average Bonchev–Trinajstić information content (AvgIpc) is 3.24. The van der Waals surface area contributed by atoms with E-state index in [0.717, 1.165) is 21.9 Å². The third-order valence-electron chi connectivity index (χ3n) is 6.39. The van der Waals surface area contributed by atoms with Crippen molar-refractivity contribution in [3.63, 3.8) is 0 Å². The summed E-state index contributed by atoms with van der Waals surface area (Å²) in [5, 5.41) is 1.64. The second-order valence-electron chi connectivity index (χ2n) is 7.78. The molecule has 1 spiro atoms. The van der Waals surface area contributed by atoms with Crippen LogP contribution in [0.2, 0.25) is 0 Å². The number of nitrogens with two attached hydrogens (primary N) is 1. The predicted molar refractivity (Wildman–Crippen MR) is 117 cm³/mol. The van der Waals surface area contributed by atoms with Gasteiger partial charge in [0.1, 0.15) is 11.4 Å². The molecule has 2 aliphatic rings. The number of ether oxygens (including phenoxy) is 1. The third kappa shape index (κ3) is 1.80. The summed E-state index contributed by atoms with van der Waals surface area (Å²) in [5.74, 6) is -1.71. The van der Waals surface area contributed by atoms with Gasteiger partial charge in [0, 0.05) is 11.1 Å². The summed E-state index contributed by atoms with van der Waals surface area (Å²) >= 11 is 0. The van der Waals surface area contributed by atoms with E-state index >= 15 is 0 Å². The van der Waals surface area contributed by atoms with Crippen molar-refractivity contribution in [2.45, 2.75) is 5.54 Å². The first-order chi connectivity index (χ1) is 15.4. The fraction of sp³-hybridized carbons (Fsp3) is 0.0833. The van der Waals surface area contributed by atoms with Crippen LogP contribution in [-0.4, -0.2) is 28.2 Å². The van der Waals surface area contributed by atoms with Crippen molar-refractivity contribution in [3.8, 4) is 0 Å². The number of hydrogen-bond acceptors (Lipinski definition) is 6. The lowest BCUT2D eigenvalue weighted by atomic mass is 9.82. The standard InChI is InChI=1S/C24H15N3O5/c1-32-23(31)18-20(25)26-21(29)13-8-2-3-9-14(13)22(30)27(26)24(18)16-11-5-7-12-6-4-10-15(17(12)16)19(24)28/h2-11H,25H2,1H3. The van der Waals surface area contributed by atoms with E-state index in [0.29, 0.717) is 16.5 Å². The van der Waals surface area contributed by atoms with E-state index in [-0.39, 0.29) is 22.2 Å². The minimum Gasteiger partial charge on any atom is -0.465 e. The highest BCUT2D eigenvalue weighted by Gasteiger charge is 2.60. The first-order valence-corrected chi connectivity index (χ1v) is 9.88. The molecule has 156 valence electrons. The second kappa shape index (κ2) is 5.82. The Balaban J connectivity index is 1.91. The van der Waals surface area contributed by atoms with Gasteiger partial charge in [-0.15, -0.1) is 0 Å². The Labute approximate surface area is 179 Å². The average molecular weight is 425 g/mol. The molecule has 2 N–H and O–H groups in total. The van der Waals surface area contributed by atoms with E-state index in [1.54, 1.807) is 36.4 Å². The molecule has 0 radical (unpaired) electrons. The SMILES string of the molecule is COC(=O)C1=C(N)n2c(=O)c3ccccc3c(=O)n2C12C(=O)c1cccc3cccc2c13. The van der Waals surface area contributed by atoms with Crippen molar-refractivity contribution < 1.29 is 14.3 Å². The minimum absolute atomic E-state index is 0.128. The lowest BCUT2D eigenvalue weighted by molar-refractivity contribution is -0.136. The summed E-state index contributed by atoms with van der Waals surface area (Å²) in [4.78, 5) is 54.3. The molecule has 1 unspecified atom stereocenters. The zero-order chi connectivity index (χ0) is 22.4. The van der Waals surface area contributed by atoms with E-state index in [4.69, 9.17) is 10.5 Å². The van der Waals surface area contributed by atoms with Gasteiger partial charge in [-0.05, 0) is 22.9 Å². The number of ketones is 1. The molecule has 0 fully saturated rings. The number of rotatable bonds is 1. The molecule has 1 aromatic heterocycles. The van der Waals surface area contributed by atoms with Crippen LogP contribution in [0.4, 0.5) is 0 Å². The van der Waals surface area contributed by atoms with E-state index < -0.39 is 28.4 Å². The molecule has 0 saturated carbocycles. The van der Waals surface area contributed by atoms with Crippen molar-refractivity contribution in [1.29, 1.82) is 0 Å². The highest BCUT2D eigenvalue weighted by Crippen LogP contribution is 2.50. The van der Waals surface area contributed by atoms with Crippen LogP contribution in [0.1, 0.15) is 15.9 Å². The first-order valence-electron chi connectivity index (χ1n) is 9.88. The van der Waals surface area contributed by atoms with Crippen LogP contribution >= 0.6 is 0 Å². The Bertz CT molecular complexity index is 1700. The van der Waals surface area contributed by atoms with Gasteiger partial charge in [0.2, 0.25) is 5.78 Å². The van der Waals surface area contributed by atoms with Gasteiger partial charge in [-0.3, -0.25) is 14.4 Å². The summed E-state index contributed by atoms with van der Waals surface area (Å²) < 4.78 is 6.94. The molecule has 2 heterocycles. The smallest absolute Gasteiger partial charge is 0.340 e. The molecular formula is C24H15N3O5. The molecule has 32 heavy (non-hydrogen) atoms. The number of esters is 1. The largest absolute Gasteiger partial charge is 0.465 e. The second-order valence-corrected chi connectivity index (χ2v) is 7.78. The number of methoxy groups -OCH3 is 1. The number of benzene rings is 3. The molecule has 0 amide bonds. The van der Waals surface area contributed by atoms with Crippen LogP contribution in [-0.2, 0) is 15.1 Å². The Kier molecular flexibility index (Phi) is 3.33. The maximum Gasteiger partial charge on any atom is 0.340 e. The highest BCUT2D eigenvalue weighted by atomic mass is 16.5. The Morgan fingerprint density at radius 3 is 2.25 bits per heavy atom. The summed E-state index contributed by atoms with van der Waals surface area (Å²) in [6, 6.07) is 16.7. The van der Waals surface area contributed by atoms with E-state index in [1.807, 2.05) is 12.1 Å². The molecule has 8 heteroatoms. The summed E-state index contributed by atoms with van der Waals surface area (Å²) in [6.07, 6.45) is 0. The van der Waals surface area contributed by atoms with Crippen LogP contribution in [0, 0.1) is 0 Å². The van der Waals surface area contributed by atoms with Gasteiger partial charge in [0.15, 0.2) is 5.54 Å². The van der Waals surface area contributed by atoms with Crippen LogP contribution in [0.3, 0.4) is 0 Å². The van der Waals surface area contributed by atoms with Gasteiger partial charge in [-0.1, -0.05) is 48.5 Å². The van der Waals surface area contributed by atoms with Crippen molar-refractivity contribution in [1.82, 2.24) is 9.36 Å². The molecule has 1 aliphatic carbocycles. The van der Waals surface area contributed by atoms with Gasteiger partial charge in [0.25, 0.3) is 11.1 Å². The minimum atomic E-state index is -1.94. The summed E-state index contributed by atoms with van der Waals surface area (Å²) in [7, 11) is 1.16. The zero-order valence-electron chi connectivity index (χ0n) is 16.8. The van der Waals surface area contributed by atoms with Crippen molar-refractivity contribution in [2.75, 3.05) is 7.11 Å². The molecule has 3 aromatic carbocycles. The van der Waals surface area contributed by atoms with Crippen LogP contribution < -0.4 is 16.9 Å². The highest BCUT2D eigenvalue weighted by molar-refractivity contribution is 6.25. The van der Waals surface area contributed by atoms with Crippen molar-refractivity contribution in [3.05, 3.63) is 98.1 Å². The molecule has 4 aromatic rings. The van der Waals surface area contributed by atoms with Gasteiger partial charge in [-0.2, -0.15) is 4.68 Å². The molecule has 1 aliphatic heterocycles. The Morgan fingerprint density at radius 1 is 0.906 bits per heavy atom. The number of carbonyl (C=O) groups excluding carboxylic acids is 2. The van der Waals surface area contributed by atoms with Gasteiger partial charge in [-0.25, -0.2) is 9.48 Å². The molecule has 8 nitrogen and oxygen atoms in total. The Hall–Kier alpha value is -4.46. The van der Waals surface area contributed by atoms with Gasteiger partial charge in [0.05, 0.1) is 17.9 Å².